The van der Waals surface area contributed by atoms with Crippen LogP contribution in [0.5, 0.6) is 0 Å². The first-order chi connectivity index (χ1) is 14.6. The van der Waals surface area contributed by atoms with Gasteiger partial charge in [-0.15, -0.1) is 0 Å². The van der Waals surface area contributed by atoms with Gasteiger partial charge >= 0.3 is 0 Å². The zero-order valence-electron chi connectivity index (χ0n) is 17.2. The van der Waals surface area contributed by atoms with Gasteiger partial charge in [-0.1, -0.05) is 36.4 Å². The molecule has 2 aromatic rings. The molecule has 3 aliphatic rings. The molecule has 0 N–H and O–H groups in total. The van der Waals surface area contributed by atoms with Crippen molar-refractivity contribution < 1.29 is 14.4 Å². The van der Waals surface area contributed by atoms with Crippen LogP contribution in [0.1, 0.15) is 68.4 Å². The number of ketones is 1. The third kappa shape index (κ3) is 3.00. The van der Waals surface area contributed by atoms with Crippen molar-refractivity contribution in [2.45, 2.75) is 31.7 Å². The van der Waals surface area contributed by atoms with Crippen molar-refractivity contribution >= 4 is 17.6 Å². The van der Waals surface area contributed by atoms with Gasteiger partial charge in [0.05, 0.1) is 17.2 Å². The van der Waals surface area contributed by atoms with Gasteiger partial charge in [-0.05, 0) is 69.4 Å². The van der Waals surface area contributed by atoms with E-state index in [2.05, 4.69) is 11.9 Å². The molecular weight excluding hydrogens is 376 g/mol. The second-order valence-electron chi connectivity index (χ2n) is 8.85. The number of rotatable bonds is 4. The van der Waals surface area contributed by atoms with Crippen molar-refractivity contribution in [2.75, 3.05) is 20.1 Å². The Morgan fingerprint density at radius 1 is 0.800 bits per heavy atom. The number of hydrogen-bond acceptors (Lipinski definition) is 4. The fraction of sp³-hybridized carbons (Fsp3) is 0.400. The number of Topliss-reactive ketones (excluding diaryl/α,β-unsaturated/α-hetero) is 1. The molecule has 1 aliphatic carbocycles. The Hall–Kier alpha value is -2.79. The fourth-order valence-electron chi connectivity index (χ4n) is 5.37. The third-order valence-electron chi connectivity index (χ3n) is 7.09. The van der Waals surface area contributed by atoms with Crippen LogP contribution < -0.4 is 0 Å². The highest BCUT2D eigenvalue weighted by atomic mass is 16.2. The minimum absolute atomic E-state index is 0.0695. The molecule has 1 saturated heterocycles. The van der Waals surface area contributed by atoms with E-state index in [4.69, 9.17) is 0 Å². The van der Waals surface area contributed by atoms with Gasteiger partial charge < -0.3 is 4.90 Å². The molecule has 30 heavy (non-hydrogen) atoms. The number of carbonyl (C=O) groups excluding carboxylic acids is 3. The number of nitrogens with zero attached hydrogens (tertiary/aromatic N) is 2. The number of likely N-dealkylation sites (tertiary alicyclic amines) is 1. The SMILES string of the molecule is CN1CCC(CCC2C(=O)c3ccccc3C2N2C(=O)c3ccccc3C2=O)CC1. The van der Waals surface area contributed by atoms with Gasteiger partial charge in [-0.2, -0.15) is 0 Å². The van der Waals surface area contributed by atoms with Crippen molar-refractivity contribution in [2.24, 2.45) is 11.8 Å². The molecule has 2 amide bonds. The minimum Gasteiger partial charge on any atom is -0.306 e. The van der Waals surface area contributed by atoms with E-state index in [1.807, 2.05) is 24.3 Å². The lowest BCUT2D eigenvalue weighted by molar-refractivity contribution is 0.0516. The number of imide groups is 1. The predicted molar refractivity (Wildman–Crippen MR) is 113 cm³/mol. The molecule has 5 nitrogen and oxygen atoms in total. The minimum atomic E-state index is -0.507. The summed E-state index contributed by atoms with van der Waals surface area (Å²) in [6.45, 7) is 2.18. The Morgan fingerprint density at radius 2 is 1.37 bits per heavy atom. The van der Waals surface area contributed by atoms with E-state index < -0.39 is 6.04 Å². The van der Waals surface area contributed by atoms with Crippen molar-refractivity contribution in [1.82, 2.24) is 9.80 Å². The van der Waals surface area contributed by atoms with Crippen molar-refractivity contribution in [3.63, 3.8) is 0 Å². The highest BCUT2D eigenvalue weighted by molar-refractivity contribution is 6.22. The van der Waals surface area contributed by atoms with Crippen LogP contribution in [-0.2, 0) is 0 Å². The highest BCUT2D eigenvalue weighted by Crippen LogP contribution is 2.46. The van der Waals surface area contributed by atoms with Crippen LogP contribution >= 0.6 is 0 Å². The summed E-state index contributed by atoms with van der Waals surface area (Å²) in [7, 11) is 2.14. The van der Waals surface area contributed by atoms with E-state index in [0.29, 0.717) is 29.0 Å². The summed E-state index contributed by atoms with van der Waals surface area (Å²) in [6.07, 6.45) is 3.95. The largest absolute Gasteiger partial charge is 0.306 e. The lowest BCUT2D eigenvalue weighted by Crippen LogP contribution is -2.37. The summed E-state index contributed by atoms with van der Waals surface area (Å²) in [5.41, 5.74) is 2.35. The molecule has 2 aliphatic heterocycles. The van der Waals surface area contributed by atoms with Gasteiger partial charge in [-0.25, -0.2) is 0 Å². The Kier molecular flexibility index (Phi) is 4.78. The van der Waals surface area contributed by atoms with Crippen LogP contribution in [0, 0.1) is 11.8 Å². The lowest BCUT2D eigenvalue weighted by Gasteiger charge is -2.31. The van der Waals surface area contributed by atoms with Crippen LogP contribution in [0.2, 0.25) is 0 Å². The Morgan fingerprint density at radius 3 is 2.00 bits per heavy atom. The molecule has 0 bridgehead atoms. The van der Waals surface area contributed by atoms with Gasteiger partial charge in [0, 0.05) is 11.5 Å². The number of piperidine rings is 1. The quantitative estimate of drug-likeness (QED) is 0.727. The molecule has 2 aromatic carbocycles. The molecular formula is C25H26N2O3. The predicted octanol–water partition coefficient (Wildman–Crippen LogP) is 3.96. The summed E-state index contributed by atoms with van der Waals surface area (Å²) in [4.78, 5) is 43.4. The van der Waals surface area contributed by atoms with E-state index >= 15 is 0 Å². The van der Waals surface area contributed by atoms with Crippen molar-refractivity contribution in [1.29, 1.82) is 0 Å². The smallest absolute Gasteiger partial charge is 0.262 e. The van der Waals surface area contributed by atoms with Gasteiger partial charge in [0.15, 0.2) is 5.78 Å². The second kappa shape index (κ2) is 7.47. The van der Waals surface area contributed by atoms with Crippen LogP contribution in [0.25, 0.3) is 0 Å². The normalized spacial score (nSPS) is 24.4. The highest BCUT2D eigenvalue weighted by Gasteiger charge is 2.49. The molecule has 154 valence electrons. The summed E-state index contributed by atoms with van der Waals surface area (Å²) in [6, 6.07) is 13.9. The van der Waals surface area contributed by atoms with Crippen molar-refractivity contribution in [3.8, 4) is 0 Å². The van der Waals surface area contributed by atoms with Crippen LogP contribution in [-0.4, -0.2) is 47.5 Å². The second-order valence-corrected chi connectivity index (χ2v) is 8.85. The number of carbonyl (C=O) groups is 3. The zero-order valence-corrected chi connectivity index (χ0v) is 17.2. The number of amides is 2. The van der Waals surface area contributed by atoms with Gasteiger partial charge in [0.25, 0.3) is 11.8 Å². The lowest BCUT2D eigenvalue weighted by atomic mass is 9.85. The molecule has 2 heterocycles. The average Bonchev–Trinajstić information content (AvgIpc) is 3.19. The summed E-state index contributed by atoms with van der Waals surface area (Å²) in [5, 5.41) is 0. The van der Waals surface area contributed by atoms with Crippen LogP contribution in [0.15, 0.2) is 48.5 Å². The maximum absolute atomic E-state index is 13.3. The summed E-state index contributed by atoms with van der Waals surface area (Å²) < 4.78 is 0. The fourth-order valence-corrected chi connectivity index (χ4v) is 5.37. The third-order valence-corrected chi connectivity index (χ3v) is 7.09. The molecule has 0 aromatic heterocycles. The van der Waals surface area contributed by atoms with Crippen LogP contribution in [0.4, 0.5) is 0 Å². The number of fused-ring (bicyclic) bond motifs is 2. The Labute approximate surface area is 176 Å². The number of benzene rings is 2. The first kappa shape index (κ1) is 19.2. The molecule has 0 saturated carbocycles. The Bertz CT molecular complexity index is 988. The van der Waals surface area contributed by atoms with Gasteiger partial charge in [-0.3, -0.25) is 19.3 Å². The van der Waals surface area contributed by atoms with E-state index in [-0.39, 0.29) is 23.5 Å². The van der Waals surface area contributed by atoms with Crippen LogP contribution in [0.3, 0.4) is 0 Å². The molecule has 5 rings (SSSR count). The first-order valence-corrected chi connectivity index (χ1v) is 10.8. The van der Waals surface area contributed by atoms with Crippen molar-refractivity contribution in [3.05, 3.63) is 70.8 Å². The Balaban J connectivity index is 1.46. The molecule has 2 unspecified atom stereocenters. The summed E-state index contributed by atoms with van der Waals surface area (Å²) in [5.74, 6) is -0.256. The standard InChI is InChI=1S/C25H26N2O3/c1-26-14-12-16(13-15-26)10-11-21-22(17-6-2-3-7-18(17)23(21)28)27-24(29)19-8-4-5-9-20(19)25(27)30/h2-9,16,21-22H,10-15H2,1H3. The summed E-state index contributed by atoms with van der Waals surface area (Å²) >= 11 is 0. The van der Waals surface area contributed by atoms with Gasteiger partial charge in [0.1, 0.15) is 0 Å². The maximum atomic E-state index is 13.3. The molecule has 5 heteroatoms. The van der Waals surface area contributed by atoms with E-state index in [1.54, 1.807) is 24.3 Å². The van der Waals surface area contributed by atoms with E-state index in [1.165, 1.54) is 4.90 Å². The molecule has 2 atom stereocenters. The zero-order chi connectivity index (χ0) is 20.8. The topological polar surface area (TPSA) is 57.7 Å². The maximum Gasteiger partial charge on any atom is 0.262 e. The number of hydrogen-bond donors (Lipinski definition) is 0. The monoisotopic (exact) mass is 402 g/mol. The first-order valence-electron chi connectivity index (χ1n) is 10.8. The van der Waals surface area contributed by atoms with E-state index in [9.17, 15) is 14.4 Å². The molecule has 0 radical (unpaired) electrons. The van der Waals surface area contributed by atoms with E-state index in [0.717, 1.165) is 37.9 Å². The molecule has 1 fully saturated rings. The molecule has 0 spiro atoms. The van der Waals surface area contributed by atoms with Gasteiger partial charge in [0.2, 0.25) is 0 Å². The average molecular weight is 402 g/mol.